The van der Waals surface area contributed by atoms with Crippen molar-refractivity contribution in [3.05, 3.63) is 59.4 Å². The number of aryl methyl sites for hydroxylation is 2. The van der Waals surface area contributed by atoms with Gasteiger partial charge in [-0.2, -0.15) is 4.31 Å². The van der Waals surface area contributed by atoms with Gasteiger partial charge < -0.3 is 9.47 Å². The van der Waals surface area contributed by atoms with Crippen molar-refractivity contribution in [1.82, 2.24) is 18.8 Å². The van der Waals surface area contributed by atoms with E-state index in [1.807, 2.05) is 50.6 Å². The number of hydrogen-bond donors (Lipinski definition) is 0. The SMILES string of the molecule is CCN(CC)S(=O)(=O)c1ccc2c(c1)nc(CN(C)C(=O)c1cccc(C)c1)n2C. The average molecular weight is 429 g/mol. The summed E-state index contributed by atoms with van der Waals surface area (Å²) in [7, 11) is 0.0523. The summed E-state index contributed by atoms with van der Waals surface area (Å²) in [5.74, 6) is 0.599. The predicted molar refractivity (Wildman–Crippen MR) is 118 cm³/mol. The molecule has 1 amide bonds. The van der Waals surface area contributed by atoms with E-state index in [0.717, 1.165) is 11.1 Å². The molecule has 0 aliphatic carbocycles. The zero-order valence-electron chi connectivity index (χ0n) is 18.1. The number of benzene rings is 2. The van der Waals surface area contributed by atoms with Gasteiger partial charge in [-0.3, -0.25) is 4.79 Å². The lowest BCUT2D eigenvalue weighted by Gasteiger charge is -2.18. The minimum Gasteiger partial charge on any atom is -0.334 e. The van der Waals surface area contributed by atoms with Crippen LogP contribution < -0.4 is 0 Å². The van der Waals surface area contributed by atoms with Crippen molar-refractivity contribution >= 4 is 27.0 Å². The second-order valence-electron chi connectivity index (χ2n) is 7.36. The molecule has 0 N–H and O–H groups in total. The normalized spacial score (nSPS) is 11.9. The van der Waals surface area contributed by atoms with Crippen LogP contribution in [0.5, 0.6) is 0 Å². The fraction of sp³-hybridized carbons (Fsp3) is 0.364. The number of hydrogen-bond acceptors (Lipinski definition) is 4. The summed E-state index contributed by atoms with van der Waals surface area (Å²) < 4.78 is 29.0. The Morgan fingerprint density at radius 2 is 1.80 bits per heavy atom. The Morgan fingerprint density at radius 1 is 1.10 bits per heavy atom. The van der Waals surface area contributed by atoms with Gasteiger partial charge in [-0.25, -0.2) is 13.4 Å². The number of fused-ring (bicyclic) bond motifs is 1. The third-order valence-electron chi connectivity index (χ3n) is 5.28. The lowest BCUT2D eigenvalue weighted by atomic mass is 10.1. The molecule has 0 radical (unpaired) electrons. The van der Waals surface area contributed by atoms with E-state index < -0.39 is 10.0 Å². The molecule has 0 atom stereocenters. The molecule has 0 aliphatic rings. The van der Waals surface area contributed by atoms with Crippen LogP contribution >= 0.6 is 0 Å². The summed E-state index contributed by atoms with van der Waals surface area (Å²) in [4.78, 5) is 19.2. The summed E-state index contributed by atoms with van der Waals surface area (Å²) in [6, 6.07) is 12.5. The standard InChI is InChI=1S/C22H28N4O3S/c1-6-26(7-2)30(28,29)18-11-12-20-19(14-18)23-21(25(20)5)15-24(4)22(27)17-10-8-9-16(3)13-17/h8-14H,6-7,15H2,1-5H3. The zero-order valence-corrected chi connectivity index (χ0v) is 18.9. The van der Waals surface area contributed by atoms with Crippen molar-refractivity contribution in [1.29, 1.82) is 0 Å². The smallest absolute Gasteiger partial charge is 0.254 e. The summed E-state index contributed by atoms with van der Waals surface area (Å²) in [5.41, 5.74) is 3.07. The van der Waals surface area contributed by atoms with Crippen LogP contribution in [-0.4, -0.2) is 53.2 Å². The second-order valence-corrected chi connectivity index (χ2v) is 9.30. The van der Waals surface area contributed by atoms with Gasteiger partial charge in [0.1, 0.15) is 5.82 Å². The van der Waals surface area contributed by atoms with Crippen LogP contribution in [0.4, 0.5) is 0 Å². The molecule has 3 rings (SSSR count). The molecule has 160 valence electrons. The summed E-state index contributed by atoms with van der Waals surface area (Å²) >= 11 is 0. The number of aromatic nitrogens is 2. The number of sulfonamides is 1. The molecule has 0 fully saturated rings. The average Bonchev–Trinajstić information content (AvgIpc) is 3.03. The Morgan fingerprint density at radius 3 is 2.43 bits per heavy atom. The van der Waals surface area contributed by atoms with Crippen molar-refractivity contribution in [2.24, 2.45) is 7.05 Å². The van der Waals surface area contributed by atoms with Crippen LogP contribution in [-0.2, 0) is 23.6 Å². The minimum absolute atomic E-state index is 0.0874. The van der Waals surface area contributed by atoms with Crippen molar-refractivity contribution < 1.29 is 13.2 Å². The Balaban J connectivity index is 1.91. The van der Waals surface area contributed by atoms with E-state index in [2.05, 4.69) is 4.98 Å². The fourth-order valence-corrected chi connectivity index (χ4v) is 5.00. The topological polar surface area (TPSA) is 75.5 Å². The maximum absolute atomic E-state index is 12.8. The van der Waals surface area contributed by atoms with Crippen LogP contribution in [0.25, 0.3) is 11.0 Å². The first-order valence-corrected chi connectivity index (χ1v) is 11.4. The van der Waals surface area contributed by atoms with Crippen molar-refractivity contribution in [3.63, 3.8) is 0 Å². The molecule has 0 aliphatic heterocycles. The molecule has 0 saturated carbocycles. The van der Waals surface area contributed by atoms with Gasteiger partial charge in [0.2, 0.25) is 10.0 Å². The molecule has 30 heavy (non-hydrogen) atoms. The third kappa shape index (κ3) is 4.11. The molecule has 8 heteroatoms. The number of carbonyl (C=O) groups is 1. The Bertz CT molecular complexity index is 1180. The van der Waals surface area contributed by atoms with E-state index in [-0.39, 0.29) is 10.8 Å². The minimum atomic E-state index is -3.55. The highest BCUT2D eigenvalue weighted by Crippen LogP contribution is 2.23. The highest BCUT2D eigenvalue weighted by molar-refractivity contribution is 7.89. The van der Waals surface area contributed by atoms with E-state index in [1.54, 1.807) is 36.2 Å². The van der Waals surface area contributed by atoms with E-state index in [1.165, 1.54) is 4.31 Å². The molecule has 0 bridgehead atoms. The Hall–Kier alpha value is -2.71. The Kier molecular flexibility index (Phi) is 6.28. The highest BCUT2D eigenvalue weighted by atomic mass is 32.2. The summed E-state index contributed by atoms with van der Waals surface area (Å²) in [6.45, 7) is 6.73. The lowest BCUT2D eigenvalue weighted by Crippen LogP contribution is -2.30. The molecular formula is C22H28N4O3S. The van der Waals surface area contributed by atoms with Gasteiger partial charge in [0.25, 0.3) is 5.91 Å². The van der Waals surface area contributed by atoms with Crippen molar-refractivity contribution in [2.75, 3.05) is 20.1 Å². The fourth-order valence-electron chi connectivity index (χ4n) is 3.53. The van der Waals surface area contributed by atoms with E-state index in [4.69, 9.17) is 0 Å². The molecule has 0 saturated heterocycles. The van der Waals surface area contributed by atoms with E-state index in [0.29, 0.717) is 36.5 Å². The number of amides is 1. The van der Waals surface area contributed by atoms with Crippen LogP contribution in [0.15, 0.2) is 47.4 Å². The largest absolute Gasteiger partial charge is 0.334 e. The van der Waals surface area contributed by atoms with Gasteiger partial charge in [-0.15, -0.1) is 0 Å². The summed E-state index contributed by atoms with van der Waals surface area (Å²) in [6.07, 6.45) is 0. The van der Waals surface area contributed by atoms with Gasteiger partial charge in [0.15, 0.2) is 0 Å². The highest BCUT2D eigenvalue weighted by Gasteiger charge is 2.23. The maximum atomic E-state index is 12.8. The first kappa shape index (κ1) is 22.0. The molecule has 0 spiro atoms. The van der Waals surface area contributed by atoms with Gasteiger partial charge in [0.05, 0.1) is 22.5 Å². The van der Waals surface area contributed by atoms with Crippen LogP contribution in [0, 0.1) is 6.92 Å². The molecule has 3 aromatic rings. The molecule has 2 aromatic carbocycles. The maximum Gasteiger partial charge on any atom is 0.254 e. The first-order chi connectivity index (χ1) is 14.2. The van der Waals surface area contributed by atoms with E-state index in [9.17, 15) is 13.2 Å². The first-order valence-electron chi connectivity index (χ1n) is 9.96. The number of rotatable bonds is 7. The van der Waals surface area contributed by atoms with Gasteiger partial charge >= 0.3 is 0 Å². The Labute approximate surface area is 178 Å². The third-order valence-corrected chi connectivity index (χ3v) is 7.32. The monoisotopic (exact) mass is 428 g/mol. The number of carbonyl (C=O) groups excluding carboxylic acids is 1. The van der Waals surface area contributed by atoms with Crippen molar-refractivity contribution in [3.8, 4) is 0 Å². The van der Waals surface area contributed by atoms with Gasteiger partial charge in [-0.1, -0.05) is 31.5 Å². The predicted octanol–water partition coefficient (Wildman–Crippen LogP) is 3.18. The van der Waals surface area contributed by atoms with Crippen LogP contribution in [0.2, 0.25) is 0 Å². The van der Waals surface area contributed by atoms with Crippen LogP contribution in [0.3, 0.4) is 0 Å². The molecule has 1 heterocycles. The van der Waals surface area contributed by atoms with Crippen molar-refractivity contribution in [2.45, 2.75) is 32.2 Å². The van der Waals surface area contributed by atoms with Gasteiger partial charge in [0, 0.05) is 32.7 Å². The molecule has 0 unspecified atom stereocenters. The molecule has 7 nitrogen and oxygen atoms in total. The summed E-state index contributed by atoms with van der Waals surface area (Å²) in [5, 5.41) is 0. The van der Waals surface area contributed by atoms with E-state index >= 15 is 0 Å². The number of imidazole rings is 1. The van der Waals surface area contributed by atoms with Gasteiger partial charge in [-0.05, 0) is 37.3 Å². The second kappa shape index (κ2) is 8.57. The zero-order chi connectivity index (χ0) is 22.1. The molecule has 1 aromatic heterocycles. The van der Waals surface area contributed by atoms with Crippen LogP contribution in [0.1, 0.15) is 35.6 Å². The lowest BCUT2D eigenvalue weighted by molar-refractivity contribution is 0.0780. The molecular weight excluding hydrogens is 400 g/mol. The quantitative estimate of drug-likeness (QED) is 0.579. The number of nitrogens with zero attached hydrogens (tertiary/aromatic N) is 4.